The van der Waals surface area contributed by atoms with E-state index in [9.17, 15) is 27.6 Å². The summed E-state index contributed by atoms with van der Waals surface area (Å²) in [6, 6.07) is 15.2. The van der Waals surface area contributed by atoms with E-state index in [2.05, 4.69) is 10.4 Å². The van der Waals surface area contributed by atoms with Crippen LogP contribution in [-0.4, -0.2) is 31.1 Å². The molecular formula is C25H20F3N3O5. The van der Waals surface area contributed by atoms with Gasteiger partial charge in [-0.2, -0.15) is 18.3 Å². The zero-order valence-corrected chi connectivity index (χ0v) is 19.1. The van der Waals surface area contributed by atoms with Gasteiger partial charge in [0.25, 0.3) is 0 Å². The number of halogens is 3. The smallest absolute Gasteiger partial charge is 0.416 e. The summed E-state index contributed by atoms with van der Waals surface area (Å²) in [4.78, 5) is 36.2. The molecule has 186 valence electrons. The van der Waals surface area contributed by atoms with E-state index >= 15 is 0 Å². The molecule has 0 aromatic heterocycles. The fourth-order valence-corrected chi connectivity index (χ4v) is 2.87. The average molecular weight is 499 g/mol. The highest BCUT2D eigenvalue weighted by molar-refractivity contribution is 6.39. The molecule has 0 unspecified atom stereocenters. The van der Waals surface area contributed by atoms with Crippen molar-refractivity contribution in [2.75, 3.05) is 12.4 Å². The number of hydrogen-bond donors (Lipinski definition) is 2. The molecule has 2 amide bonds. The number of nitrogens with zero attached hydrogens (tertiary/aromatic N) is 1. The molecule has 0 atom stereocenters. The van der Waals surface area contributed by atoms with Gasteiger partial charge in [0.2, 0.25) is 0 Å². The fourth-order valence-electron chi connectivity index (χ4n) is 2.87. The predicted molar refractivity (Wildman–Crippen MR) is 125 cm³/mol. The first-order valence-electron chi connectivity index (χ1n) is 10.4. The number of benzene rings is 3. The first kappa shape index (κ1) is 25.9. The van der Waals surface area contributed by atoms with E-state index in [-0.39, 0.29) is 17.2 Å². The van der Waals surface area contributed by atoms with Crippen LogP contribution in [0, 0.1) is 6.92 Å². The maximum absolute atomic E-state index is 12.8. The van der Waals surface area contributed by atoms with Crippen molar-refractivity contribution in [1.82, 2.24) is 5.43 Å². The molecule has 0 spiro atoms. The van der Waals surface area contributed by atoms with Gasteiger partial charge in [-0.05, 0) is 61.0 Å². The molecule has 0 fully saturated rings. The van der Waals surface area contributed by atoms with Crippen LogP contribution in [0.15, 0.2) is 71.8 Å². The summed E-state index contributed by atoms with van der Waals surface area (Å²) in [5, 5.41) is 5.72. The number of ether oxygens (including phenoxy) is 2. The van der Waals surface area contributed by atoms with Gasteiger partial charge in [0.05, 0.1) is 24.5 Å². The molecule has 0 saturated carbocycles. The van der Waals surface area contributed by atoms with Crippen LogP contribution in [-0.2, 0) is 15.8 Å². The number of esters is 1. The maximum Gasteiger partial charge on any atom is 0.416 e. The second-order valence-electron chi connectivity index (χ2n) is 7.40. The summed E-state index contributed by atoms with van der Waals surface area (Å²) in [6.45, 7) is 1.89. The van der Waals surface area contributed by atoms with Crippen molar-refractivity contribution >= 4 is 29.7 Å². The van der Waals surface area contributed by atoms with Crippen molar-refractivity contribution in [3.8, 4) is 11.5 Å². The van der Waals surface area contributed by atoms with E-state index in [0.29, 0.717) is 17.2 Å². The number of hydrazone groups is 1. The highest BCUT2D eigenvalue weighted by atomic mass is 19.4. The number of methoxy groups -OCH3 is 1. The summed E-state index contributed by atoms with van der Waals surface area (Å²) in [5.74, 6) is -2.60. The normalized spacial score (nSPS) is 11.1. The number of rotatable bonds is 6. The van der Waals surface area contributed by atoms with Crippen molar-refractivity contribution < 1.29 is 37.0 Å². The summed E-state index contributed by atoms with van der Waals surface area (Å²) >= 11 is 0. The van der Waals surface area contributed by atoms with E-state index in [1.165, 1.54) is 37.6 Å². The van der Waals surface area contributed by atoms with Crippen LogP contribution < -0.4 is 20.2 Å². The third-order valence-corrected chi connectivity index (χ3v) is 4.71. The monoisotopic (exact) mass is 499 g/mol. The SMILES string of the molecule is COc1cc(/C=N/NC(=O)C(=O)Nc2cccc(C(F)(F)F)c2)ccc1OC(=O)c1ccc(C)cc1. The standard InChI is InChI=1S/C25H20F3N3O5/c1-15-6-9-17(10-7-15)24(34)36-20-11-8-16(12-21(20)35-2)14-29-31-23(33)22(32)30-19-5-3-4-18(13-19)25(26,27)28/h3-14H,1-2H3,(H,30,32)(H,31,33)/b29-14+. The molecular weight excluding hydrogens is 479 g/mol. The molecule has 11 heteroatoms. The third kappa shape index (κ3) is 6.92. The summed E-state index contributed by atoms with van der Waals surface area (Å²) in [5.41, 5.74) is 2.59. The Hall–Kier alpha value is -4.67. The van der Waals surface area contributed by atoms with Crippen molar-refractivity contribution in [2.24, 2.45) is 5.10 Å². The first-order chi connectivity index (χ1) is 17.1. The zero-order chi connectivity index (χ0) is 26.3. The van der Waals surface area contributed by atoms with Crippen molar-refractivity contribution in [3.63, 3.8) is 0 Å². The minimum atomic E-state index is -4.59. The number of nitrogens with one attached hydrogen (secondary N) is 2. The molecule has 8 nitrogen and oxygen atoms in total. The Balaban J connectivity index is 1.60. The highest BCUT2D eigenvalue weighted by Gasteiger charge is 2.30. The predicted octanol–water partition coefficient (Wildman–Crippen LogP) is 4.33. The van der Waals surface area contributed by atoms with E-state index in [4.69, 9.17) is 9.47 Å². The molecule has 0 radical (unpaired) electrons. The molecule has 3 aromatic rings. The molecule has 2 N–H and O–H groups in total. The lowest BCUT2D eigenvalue weighted by molar-refractivity contribution is -0.137. The van der Waals surface area contributed by atoms with Crippen LogP contribution in [0.1, 0.15) is 27.0 Å². The van der Waals surface area contributed by atoms with E-state index in [1.54, 1.807) is 24.3 Å². The van der Waals surface area contributed by atoms with Crippen LogP contribution in [0.2, 0.25) is 0 Å². The maximum atomic E-state index is 12.8. The van der Waals surface area contributed by atoms with Crippen LogP contribution in [0.25, 0.3) is 0 Å². The molecule has 0 aliphatic carbocycles. The van der Waals surface area contributed by atoms with Gasteiger partial charge in [0.1, 0.15) is 0 Å². The van der Waals surface area contributed by atoms with Gasteiger partial charge >= 0.3 is 24.0 Å². The van der Waals surface area contributed by atoms with Gasteiger partial charge in [-0.3, -0.25) is 9.59 Å². The van der Waals surface area contributed by atoms with E-state index < -0.39 is 29.5 Å². The van der Waals surface area contributed by atoms with E-state index in [0.717, 1.165) is 17.7 Å². The third-order valence-electron chi connectivity index (χ3n) is 4.71. The Morgan fingerprint density at radius 1 is 0.917 bits per heavy atom. The number of aryl methyl sites for hydroxylation is 1. The van der Waals surface area contributed by atoms with Crippen LogP contribution in [0.3, 0.4) is 0 Å². The van der Waals surface area contributed by atoms with E-state index in [1.807, 2.05) is 12.3 Å². The van der Waals surface area contributed by atoms with Crippen LogP contribution in [0.5, 0.6) is 11.5 Å². The Morgan fingerprint density at radius 2 is 1.64 bits per heavy atom. The minimum Gasteiger partial charge on any atom is -0.493 e. The van der Waals surface area contributed by atoms with Crippen molar-refractivity contribution in [2.45, 2.75) is 13.1 Å². The first-order valence-corrected chi connectivity index (χ1v) is 10.4. The number of carbonyl (C=O) groups is 3. The second kappa shape index (κ2) is 11.2. The lowest BCUT2D eigenvalue weighted by Crippen LogP contribution is -2.32. The summed E-state index contributed by atoms with van der Waals surface area (Å²) in [6.07, 6.45) is -3.40. The number of hydrogen-bond acceptors (Lipinski definition) is 6. The Morgan fingerprint density at radius 3 is 2.31 bits per heavy atom. The molecule has 3 aromatic carbocycles. The molecule has 0 saturated heterocycles. The number of amides is 2. The van der Waals surface area contributed by atoms with Crippen molar-refractivity contribution in [3.05, 3.63) is 89.0 Å². The molecule has 3 rings (SSSR count). The average Bonchev–Trinajstić information content (AvgIpc) is 2.84. The van der Waals surface area contributed by atoms with Crippen LogP contribution in [0.4, 0.5) is 18.9 Å². The topological polar surface area (TPSA) is 106 Å². The molecule has 36 heavy (non-hydrogen) atoms. The Bertz CT molecular complexity index is 1310. The van der Waals surface area contributed by atoms with Crippen molar-refractivity contribution in [1.29, 1.82) is 0 Å². The zero-order valence-electron chi connectivity index (χ0n) is 19.1. The number of carbonyl (C=O) groups excluding carboxylic acids is 3. The molecule has 0 aliphatic rings. The molecule has 0 heterocycles. The van der Waals surface area contributed by atoms with Gasteiger partial charge < -0.3 is 14.8 Å². The molecule has 0 aliphatic heterocycles. The lowest BCUT2D eigenvalue weighted by Gasteiger charge is -2.10. The fraction of sp³-hybridized carbons (Fsp3) is 0.120. The Kier molecular flexibility index (Phi) is 8.05. The van der Waals surface area contributed by atoms with Gasteiger partial charge in [-0.1, -0.05) is 23.8 Å². The largest absolute Gasteiger partial charge is 0.493 e. The van der Waals surface area contributed by atoms with Gasteiger partial charge in [0.15, 0.2) is 11.5 Å². The highest BCUT2D eigenvalue weighted by Crippen LogP contribution is 2.31. The number of alkyl halides is 3. The summed E-state index contributed by atoms with van der Waals surface area (Å²) in [7, 11) is 1.37. The lowest BCUT2D eigenvalue weighted by atomic mass is 10.1. The minimum absolute atomic E-state index is 0.157. The summed E-state index contributed by atoms with van der Waals surface area (Å²) < 4.78 is 49.0. The quantitative estimate of drug-likeness (QED) is 0.173. The second-order valence-corrected chi connectivity index (χ2v) is 7.40. The van der Waals surface area contributed by atoms with Gasteiger partial charge in [0, 0.05) is 5.69 Å². The Labute approximate surface area is 203 Å². The van der Waals surface area contributed by atoms with Gasteiger partial charge in [-0.15, -0.1) is 0 Å². The van der Waals surface area contributed by atoms with Crippen LogP contribution >= 0.6 is 0 Å². The number of anilines is 1. The molecule has 0 bridgehead atoms. The van der Waals surface area contributed by atoms with Gasteiger partial charge in [-0.25, -0.2) is 10.2 Å².